The smallest absolute Gasteiger partial charge is 0.248 e. The lowest BCUT2D eigenvalue weighted by atomic mass is 10.1. The van der Waals surface area contributed by atoms with Crippen LogP contribution in [0.4, 0.5) is 10.1 Å². The number of carbonyl (C=O) groups excluding carboxylic acids is 1. The lowest BCUT2D eigenvalue weighted by Crippen LogP contribution is -2.12. The highest BCUT2D eigenvalue weighted by Gasteiger charge is 2.07. The molecule has 0 aliphatic rings. The summed E-state index contributed by atoms with van der Waals surface area (Å²) in [7, 11) is 0. The minimum absolute atomic E-state index is 0.152. The molecule has 0 aliphatic heterocycles. The van der Waals surface area contributed by atoms with Crippen LogP contribution in [0.1, 0.15) is 15.9 Å². The van der Waals surface area contributed by atoms with Crippen LogP contribution in [-0.2, 0) is 6.54 Å². The Balaban J connectivity index is 2.13. The Bertz CT molecular complexity index is 664. The molecule has 3 N–H and O–H groups in total. The summed E-state index contributed by atoms with van der Waals surface area (Å²) in [5.74, 6) is -1.12. The molecule has 2 aromatic carbocycles. The number of anilines is 1. The third-order valence-electron chi connectivity index (χ3n) is 2.74. The number of hydrogen-bond acceptors (Lipinski definition) is 2. The highest BCUT2D eigenvalue weighted by Crippen LogP contribution is 2.26. The van der Waals surface area contributed by atoms with Gasteiger partial charge < -0.3 is 11.1 Å². The second-order valence-corrected chi connectivity index (χ2v) is 5.44. The predicted octanol–water partition coefficient (Wildman–Crippen LogP) is 3.95. The molecule has 0 bridgehead atoms. The predicted molar refractivity (Wildman–Crippen MR) is 81.4 cm³/mol. The Morgan fingerprint density at radius 2 is 2.05 bits per heavy atom. The maximum atomic E-state index is 13.8. The van der Waals surface area contributed by atoms with Crippen LogP contribution in [0.2, 0.25) is 5.02 Å². The van der Waals surface area contributed by atoms with E-state index in [1.54, 1.807) is 18.2 Å². The Kier molecular flexibility index (Phi) is 4.62. The number of benzene rings is 2. The number of hydrogen-bond donors (Lipinski definition) is 2. The van der Waals surface area contributed by atoms with Crippen LogP contribution in [0.5, 0.6) is 0 Å². The van der Waals surface area contributed by atoms with E-state index in [1.165, 1.54) is 12.1 Å². The van der Waals surface area contributed by atoms with E-state index in [9.17, 15) is 9.18 Å². The second-order valence-electron chi connectivity index (χ2n) is 4.15. The molecule has 0 saturated heterocycles. The van der Waals surface area contributed by atoms with Crippen LogP contribution in [0, 0.1) is 5.82 Å². The normalized spacial score (nSPS) is 10.3. The number of nitrogens with one attached hydrogen (secondary N) is 1. The fraction of sp³-hybridized carbons (Fsp3) is 0.0714. The van der Waals surface area contributed by atoms with Gasteiger partial charge >= 0.3 is 0 Å². The van der Waals surface area contributed by atoms with Gasteiger partial charge in [-0.15, -0.1) is 0 Å². The molecule has 2 rings (SSSR count). The highest BCUT2D eigenvalue weighted by atomic mass is 79.9. The fourth-order valence-electron chi connectivity index (χ4n) is 1.67. The van der Waals surface area contributed by atoms with E-state index in [2.05, 4.69) is 21.2 Å². The van der Waals surface area contributed by atoms with Crippen LogP contribution in [-0.4, -0.2) is 5.91 Å². The largest absolute Gasteiger partial charge is 0.380 e. The van der Waals surface area contributed by atoms with Crippen molar-refractivity contribution < 1.29 is 9.18 Å². The molecule has 0 atom stereocenters. The van der Waals surface area contributed by atoms with Gasteiger partial charge in [0.1, 0.15) is 5.82 Å². The minimum Gasteiger partial charge on any atom is -0.380 e. The maximum absolute atomic E-state index is 13.8. The first-order valence-corrected chi connectivity index (χ1v) is 6.91. The summed E-state index contributed by atoms with van der Waals surface area (Å²) < 4.78 is 14.6. The van der Waals surface area contributed by atoms with Gasteiger partial charge in [0.2, 0.25) is 5.91 Å². The Labute approximate surface area is 129 Å². The van der Waals surface area contributed by atoms with E-state index < -0.39 is 11.7 Å². The number of halogens is 3. The van der Waals surface area contributed by atoms with Crippen LogP contribution in [0.15, 0.2) is 40.9 Å². The molecule has 2 aromatic rings. The second kappa shape index (κ2) is 6.24. The number of primary amides is 1. The van der Waals surface area contributed by atoms with E-state index in [4.69, 9.17) is 17.3 Å². The summed E-state index contributed by atoms with van der Waals surface area (Å²) in [5.41, 5.74) is 6.48. The Morgan fingerprint density at radius 3 is 2.65 bits per heavy atom. The Hall–Kier alpha value is -1.59. The zero-order valence-electron chi connectivity index (χ0n) is 10.3. The quantitative estimate of drug-likeness (QED) is 0.870. The summed E-state index contributed by atoms with van der Waals surface area (Å²) in [6.45, 7) is 0.283. The molecule has 0 aromatic heterocycles. The molecular formula is C14H11BrClFN2O. The molecule has 0 unspecified atom stereocenters. The molecule has 20 heavy (non-hydrogen) atoms. The molecule has 0 heterocycles. The van der Waals surface area contributed by atoms with E-state index in [0.29, 0.717) is 10.6 Å². The van der Waals surface area contributed by atoms with E-state index in [-0.39, 0.29) is 12.1 Å². The molecule has 0 aliphatic carbocycles. The van der Waals surface area contributed by atoms with Gasteiger partial charge in [-0.1, -0.05) is 17.7 Å². The van der Waals surface area contributed by atoms with Gasteiger partial charge in [0, 0.05) is 32.9 Å². The zero-order valence-corrected chi connectivity index (χ0v) is 12.6. The molecule has 0 saturated carbocycles. The van der Waals surface area contributed by atoms with Crippen molar-refractivity contribution in [2.45, 2.75) is 6.54 Å². The maximum Gasteiger partial charge on any atom is 0.248 e. The van der Waals surface area contributed by atoms with Gasteiger partial charge in [-0.3, -0.25) is 4.79 Å². The number of rotatable bonds is 4. The zero-order chi connectivity index (χ0) is 14.7. The lowest BCUT2D eigenvalue weighted by Gasteiger charge is -2.10. The first kappa shape index (κ1) is 14.8. The van der Waals surface area contributed by atoms with Crippen LogP contribution in [0.3, 0.4) is 0 Å². The lowest BCUT2D eigenvalue weighted by molar-refractivity contribution is 0.1000. The van der Waals surface area contributed by atoms with Gasteiger partial charge in [0.15, 0.2) is 0 Å². The fourth-order valence-corrected chi connectivity index (χ4v) is 2.49. The first-order valence-electron chi connectivity index (χ1n) is 5.74. The van der Waals surface area contributed by atoms with Crippen molar-refractivity contribution in [3.05, 3.63) is 62.8 Å². The molecule has 104 valence electrons. The number of carbonyl (C=O) groups is 1. The van der Waals surface area contributed by atoms with Crippen molar-refractivity contribution in [3.8, 4) is 0 Å². The van der Waals surface area contributed by atoms with Crippen molar-refractivity contribution in [1.82, 2.24) is 0 Å². The summed E-state index contributed by atoms with van der Waals surface area (Å²) in [6.07, 6.45) is 0. The van der Waals surface area contributed by atoms with Crippen molar-refractivity contribution in [1.29, 1.82) is 0 Å². The van der Waals surface area contributed by atoms with Gasteiger partial charge in [0.05, 0.1) is 0 Å². The van der Waals surface area contributed by atoms with Crippen molar-refractivity contribution >= 4 is 39.1 Å². The topological polar surface area (TPSA) is 55.1 Å². The standard InChI is InChI=1S/C14H11BrClFN2O/c15-11-6-10(16)3-4-13(11)19-7-9-2-1-8(14(18)20)5-12(9)17/h1-6,19H,7H2,(H2,18,20). The van der Waals surface area contributed by atoms with Crippen molar-refractivity contribution in [2.75, 3.05) is 5.32 Å². The first-order chi connectivity index (χ1) is 9.47. The van der Waals surface area contributed by atoms with Gasteiger partial charge in [-0.25, -0.2) is 4.39 Å². The van der Waals surface area contributed by atoms with E-state index in [0.717, 1.165) is 16.2 Å². The summed E-state index contributed by atoms with van der Waals surface area (Å²) in [6, 6.07) is 9.45. The monoisotopic (exact) mass is 356 g/mol. The molecule has 1 amide bonds. The number of amides is 1. The summed E-state index contributed by atoms with van der Waals surface area (Å²) in [4.78, 5) is 10.9. The average molecular weight is 358 g/mol. The highest BCUT2D eigenvalue weighted by molar-refractivity contribution is 9.10. The molecule has 0 radical (unpaired) electrons. The molecule has 0 spiro atoms. The van der Waals surface area contributed by atoms with Gasteiger partial charge in [0.25, 0.3) is 0 Å². The van der Waals surface area contributed by atoms with Crippen LogP contribution in [0.25, 0.3) is 0 Å². The molecule has 3 nitrogen and oxygen atoms in total. The third kappa shape index (κ3) is 3.49. The SMILES string of the molecule is NC(=O)c1ccc(CNc2ccc(Cl)cc2Br)c(F)c1. The van der Waals surface area contributed by atoms with Gasteiger partial charge in [-0.2, -0.15) is 0 Å². The van der Waals surface area contributed by atoms with Crippen LogP contribution >= 0.6 is 27.5 Å². The van der Waals surface area contributed by atoms with E-state index >= 15 is 0 Å². The third-order valence-corrected chi connectivity index (χ3v) is 3.63. The van der Waals surface area contributed by atoms with Crippen molar-refractivity contribution in [2.24, 2.45) is 5.73 Å². The minimum atomic E-state index is -0.649. The molecular weight excluding hydrogens is 347 g/mol. The van der Waals surface area contributed by atoms with Gasteiger partial charge in [-0.05, 0) is 46.3 Å². The Morgan fingerprint density at radius 1 is 1.30 bits per heavy atom. The molecule has 6 heteroatoms. The average Bonchev–Trinajstić information content (AvgIpc) is 2.38. The van der Waals surface area contributed by atoms with Crippen molar-refractivity contribution in [3.63, 3.8) is 0 Å². The van der Waals surface area contributed by atoms with Crippen LogP contribution < -0.4 is 11.1 Å². The van der Waals surface area contributed by atoms with E-state index in [1.807, 2.05) is 0 Å². The summed E-state index contributed by atoms with van der Waals surface area (Å²) in [5, 5.41) is 3.69. The summed E-state index contributed by atoms with van der Waals surface area (Å²) >= 11 is 9.21. The molecule has 0 fully saturated rings. The number of nitrogens with two attached hydrogens (primary N) is 1.